The van der Waals surface area contributed by atoms with Crippen molar-refractivity contribution in [2.75, 3.05) is 50.7 Å². The number of carbonyl (C=O) groups excluding carboxylic acids is 1. The Hall–Kier alpha value is -1.66. The van der Waals surface area contributed by atoms with Gasteiger partial charge in [0.1, 0.15) is 11.9 Å². The Balaban J connectivity index is 1.32. The molecule has 3 aliphatic heterocycles. The normalized spacial score (nSPS) is 26.7. The molecule has 0 radical (unpaired) electrons. The zero-order valence-corrected chi connectivity index (χ0v) is 15.3. The average molecular weight is 361 g/mol. The third-order valence-corrected chi connectivity index (χ3v) is 6.13. The Bertz CT molecular complexity index is 630. The van der Waals surface area contributed by atoms with Crippen molar-refractivity contribution in [3.63, 3.8) is 0 Å². The number of cyclic esters (lactones) is 1. The summed E-state index contributed by atoms with van der Waals surface area (Å²) in [5.41, 5.74) is 0.844. The number of hydrogen-bond donors (Lipinski definition) is 1. The van der Waals surface area contributed by atoms with Gasteiger partial charge in [-0.2, -0.15) is 0 Å². The molecule has 3 saturated heterocycles. The third kappa shape index (κ3) is 3.71. The first-order chi connectivity index (χ1) is 12.6. The van der Waals surface area contributed by atoms with Gasteiger partial charge >= 0.3 is 5.97 Å². The highest BCUT2D eigenvalue weighted by atomic mass is 19.1. The second-order valence-electron chi connectivity index (χ2n) is 7.88. The van der Waals surface area contributed by atoms with Crippen LogP contribution in [0.2, 0.25) is 0 Å². The summed E-state index contributed by atoms with van der Waals surface area (Å²) in [7, 11) is 0. The van der Waals surface area contributed by atoms with Crippen LogP contribution in [0.3, 0.4) is 0 Å². The van der Waals surface area contributed by atoms with E-state index in [1.807, 2.05) is 12.1 Å². The minimum Gasteiger partial charge on any atom is -0.461 e. The van der Waals surface area contributed by atoms with Crippen molar-refractivity contribution in [3.8, 4) is 0 Å². The van der Waals surface area contributed by atoms with Gasteiger partial charge in [-0.15, -0.1) is 0 Å². The molecular formula is C20H28FN3O2. The van der Waals surface area contributed by atoms with E-state index in [9.17, 15) is 9.18 Å². The van der Waals surface area contributed by atoms with Gasteiger partial charge in [-0.3, -0.25) is 9.69 Å². The average Bonchev–Trinajstić information content (AvgIpc) is 2.81. The monoisotopic (exact) mass is 361 g/mol. The number of carbonyl (C=O) groups is 1. The number of esters is 1. The first kappa shape index (κ1) is 17.7. The molecule has 0 saturated carbocycles. The van der Waals surface area contributed by atoms with E-state index in [1.54, 1.807) is 0 Å². The molecule has 5 nitrogen and oxygen atoms in total. The standard InChI is InChI=1S/C20H28FN3O2/c21-16-2-4-17(5-3-16)24-11-1-10-23(12-13-24)15-18-14-20(19(25)26-18)6-8-22-9-7-20/h2-5,18,22H,1,6-15H2. The number of rotatable bonds is 3. The van der Waals surface area contributed by atoms with Crippen molar-refractivity contribution in [2.45, 2.75) is 31.8 Å². The molecule has 0 bridgehead atoms. The lowest BCUT2D eigenvalue weighted by atomic mass is 9.76. The lowest BCUT2D eigenvalue weighted by Crippen LogP contribution is -2.40. The Morgan fingerprint density at radius 1 is 1.12 bits per heavy atom. The lowest BCUT2D eigenvalue weighted by Gasteiger charge is -2.29. The Kier molecular flexibility index (Phi) is 5.14. The van der Waals surface area contributed by atoms with Gasteiger partial charge in [0, 0.05) is 44.8 Å². The maximum atomic E-state index is 13.1. The van der Waals surface area contributed by atoms with Crippen LogP contribution in [0.15, 0.2) is 24.3 Å². The number of hydrogen-bond acceptors (Lipinski definition) is 5. The van der Waals surface area contributed by atoms with Crippen molar-refractivity contribution in [1.82, 2.24) is 10.2 Å². The summed E-state index contributed by atoms with van der Waals surface area (Å²) in [6.07, 6.45) is 3.76. The van der Waals surface area contributed by atoms with Crippen molar-refractivity contribution in [1.29, 1.82) is 0 Å². The molecule has 3 fully saturated rings. The van der Waals surface area contributed by atoms with E-state index in [-0.39, 0.29) is 23.3 Å². The fraction of sp³-hybridized carbons (Fsp3) is 0.650. The van der Waals surface area contributed by atoms with Crippen LogP contribution in [0.4, 0.5) is 10.1 Å². The lowest BCUT2D eigenvalue weighted by molar-refractivity contribution is -0.150. The number of halogens is 1. The largest absolute Gasteiger partial charge is 0.461 e. The van der Waals surface area contributed by atoms with Crippen LogP contribution in [0.25, 0.3) is 0 Å². The second-order valence-corrected chi connectivity index (χ2v) is 7.88. The SMILES string of the molecule is O=C1OC(CN2CCCN(c3ccc(F)cc3)CC2)CC12CCNCC2. The Labute approximate surface area is 154 Å². The fourth-order valence-electron chi connectivity index (χ4n) is 4.60. The first-order valence-corrected chi connectivity index (χ1v) is 9.79. The van der Waals surface area contributed by atoms with E-state index in [1.165, 1.54) is 12.1 Å². The van der Waals surface area contributed by atoms with Crippen molar-refractivity contribution in [2.24, 2.45) is 5.41 Å². The predicted molar refractivity (Wildman–Crippen MR) is 98.7 cm³/mol. The van der Waals surface area contributed by atoms with Gasteiger partial charge in [-0.05, 0) is 56.6 Å². The molecule has 1 atom stereocenters. The maximum Gasteiger partial charge on any atom is 0.312 e. The van der Waals surface area contributed by atoms with Gasteiger partial charge < -0.3 is 15.0 Å². The van der Waals surface area contributed by atoms with Crippen LogP contribution in [0, 0.1) is 11.2 Å². The Morgan fingerprint density at radius 3 is 2.65 bits per heavy atom. The summed E-state index contributed by atoms with van der Waals surface area (Å²) in [5, 5.41) is 3.34. The highest BCUT2D eigenvalue weighted by molar-refractivity contribution is 5.79. The van der Waals surface area contributed by atoms with Crippen LogP contribution >= 0.6 is 0 Å². The van der Waals surface area contributed by atoms with Gasteiger partial charge in [0.15, 0.2) is 0 Å². The van der Waals surface area contributed by atoms with Gasteiger partial charge in [0.2, 0.25) is 0 Å². The zero-order valence-electron chi connectivity index (χ0n) is 15.3. The van der Waals surface area contributed by atoms with Gasteiger partial charge in [0.05, 0.1) is 5.41 Å². The number of benzene rings is 1. The molecule has 1 N–H and O–H groups in total. The van der Waals surface area contributed by atoms with Crippen molar-refractivity contribution in [3.05, 3.63) is 30.1 Å². The van der Waals surface area contributed by atoms with E-state index in [0.717, 1.165) is 77.2 Å². The summed E-state index contributed by atoms with van der Waals surface area (Å²) >= 11 is 0. The first-order valence-electron chi connectivity index (χ1n) is 9.79. The molecule has 6 heteroatoms. The topological polar surface area (TPSA) is 44.8 Å². The minimum absolute atomic E-state index is 0.0201. The predicted octanol–water partition coefficient (Wildman–Crippen LogP) is 2.02. The number of anilines is 1. The molecule has 1 unspecified atom stereocenters. The summed E-state index contributed by atoms with van der Waals surface area (Å²) in [4.78, 5) is 17.2. The molecule has 0 amide bonds. The van der Waals surface area contributed by atoms with E-state index < -0.39 is 0 Å². The minimum atomic E-state index is -0.234. The molecule has 3 aliphatic rings. The summed E-state index contributed by atoms with van der Waals surface area (Å²) in [5.74, 6) is -0.174. The van der Waals surface area contributed by atoms with E-state index in [4.69, 9.17) is 4.74 Å². The maximum absolute atomic E-state index is 13.1. The van der Waals surface area contributed by atoms with Crippen LogP contribution in [0.1, 0.15) is 25.7 Å². The molecule has 26 heavy (non-hydrogen) atoms. The summed E-state index contributed by atoms with van der Waals surface area (Å²) in [6.45, 7) is 6.51. The third-order valence-electron chi connectivity index (χ3n) is 6.13. The smallest absolute Gasteiger partial charge is 0.312 e. The molecule has 142 valence electrons. The summed E-state index contributed by atoms with van der Waals surface area (Å²) < 4.78 is 18.9. The van der Waals surface area contributed by atoms with Gasteiger partial charge in [-0.25, -0.2) is 4.39 Å². The van der Waals surface area contributed by atoms with E-state index >= 15 is 0 Å². The molecule has 1 aromatic carbocycles. The molecule has 0 aromatic heterocycles. The second kappa shape index (κ2) is 7.53. The zero-order chi connectivity index (χ0) is 18.0. The van der Waals surface area contributed by atoms with Crippen LogP contribution in [0.5, 0.6) is 0 Å². The molecule has 1 spiro atoms. The molecule has 4 rings (SSSR count). The number of nitrogens with zero attached hydrogens (tertiary/aromatic N) is 2. The van der Waals surface area contributed by atoms with Gasteiger partial charge in [-0.1, -0.05) is 0 Å². The van der Waals surface area contributed by atoms with E-state index in [0.29, 0.717) is 0 Å². The highest BCUT2D eigenvalue weighted by Crippen LogP contribution is 2.41. The van der Waals surface area contributed by atoms with Crippen molar-refractivity contribution < 1.29 is 13.9 Å². The van der Waals surface area contributed by atoms with Crippen molar-refractivity contribution >= 4 is 11.7 Å². The number of nitrogens with one attached hydrogen (secondary N) is 1. The summed E-state index contributed by atoms with van der Waals surface area (Å²) in [6, 6.07) is 6.75. The van der Waals surface area contributed by atoms with Crippen LogP contribution in [-0.2, 0) is 9.53 Å². The molecule has 3 heterocycles. The highest BCUT2D eigenvalue weighted by Gasteiger charge is 2.49. The quantitative estimate of drug-likeness (QED) is 0.835. The Morgan fingerprint density at radius 2 is 1.88 bits per heavy atom. The van der Waals surface area contributed by atoms with Crippen LogP contribution < -0.4 is 10.2 Å². The molecule has 1 aromatic rings. The van der Waals surface area contributed by atoms with Gasteiger partial charge in [0.25, 0.3) is 0 Å². The molecular weight excluding hydrogens is 333 g/mol. The molecule has 0 aliphatic carbocycles. The number of piperidine rings is 1. The van der Waals surface area contributed by atoms with E-state index in [2.05, 4.69) is 15.1 Å². The fourth-order valence-corrected chi connectivity index (χ4v) is 4.60. The van der Waals surface area contributed by atoms with Crippen LogP contribution in [-0.4, -0.2) is 62.8 Å². The number of ether oxygens (including phenoxy) is 1.